The van der Waals surface area contributed by atoms with Crippen molar-refractivity contribution in [1.82, 2.24) is 15.1 Å². The highest BCUT2D eigenvalue weighted by Crippen LogP contribution is 2.25. The maximum Gasteiger partial charge on any atom is 0.0790 e. The van der Waals surface area contributed by atoms with Crippen LogP contribution in [0.2, 0.25) is 5.02 Å². The Hall–Kier alpha value is -0.840. The van der Waals surface area contributed by atoms with E-state index in [9.17, 15) is 0 Å². The van der Waals surface area contributed by atoms with Crippen molar-refractivity contribution in [2.45, 2.75) is 19.9 Å². The maximum absolute atomic E-state index is 5.93. The summed E-state index contributed by atoms with van der Waals surface area (Å²) < 4.78 is 2.83. The minimum absolute atomic E-state index is 0.265. The number of benzene rings is 1. The zero-order valence-electron chi connectivity index (χ0n) is 10.3. The average molecular weight is 329 g/mol. The Morgan fingerprint density at radius 1 is 1.50 bits per heavy atom. The van der Waals surface area contributed by atoms with Crippen LogP contribution < -0.4 is 5.32 Å². The second-order valence-corrected chi connectivity index (χ2v) is 5.44. The van der Waals surface area contributed by atoms with Crippen molar-refractivity contribution in [3.8, 4) is 5.69 Å². The Morgan fingerprint density at radius 3 is 2.89 bits per heavy atom. The zero-order valence-corrected chi connectivity index (χ0v) is 12.7. The largest absolute Gasteiger partial charge is 0.310 e. The van der Waals surface area contributed by atoms with Crippen LogP contribution in [0.3, 0.4) is 0 Å². The minimum Gasteiger partial charge on any atom is -0.310 e. The van der Waals surface area contributed by atoms with E-state index in [1.807, 2.05) is 18.3 Å². The van der Waals surface area contributed by atoms with Gasteiger partial charge in [0.05, 0.1) is 16.9 Å². The predicted molar refractivity (Wildman–Crippen MR) is 78.4 cm³/mol. The van der Waals surface area contributed by atoms with Crippen molar-refractivity contribution in [2.75, 3.05) is 6.54 Å². The first-order chi connectivity index (χ1) is 8.61. The van der Waals surface area contributed by atoms with Crippen molar-refractivity contribution in [2.24, 2.45) is 0 Å². The van der Waals surface area contributed by atoms with Gasteiger partial charge in [-0.15, -0.1) is 0 Å². The summed E-state index contributed by atoms with van der Waals surface area (Å²) in [5, 5.41) is 8.31. The molecule has 3 nitrogen and oxygen atoms in total. The minimum atomic E-state index is 0.265. The Morgan fingerprint density at radius 2 is 2.28 bits per heavy atom. The molecule has 0 amide bonds. The molecule has 5 heteroatoms. The first-order valence-electron chi connectivity index (χ1n) is 5.85. The lowest BCUT2D eigenvalue weighted by Gasteiger charge is -2.17. The molecule has 0 radical (unpaired) electrons. The third kappa shape index (κ3) is 2.94. The predicted octanol–water partition coefficient (Wildman–Crippen LogP) is 3.96. The monoisotopic (exact) mass is 327 g/mol. The Balaban J connectivity index is 2.47. The highest BCUT2D eigenvalue weighted by atomic mass is 79.9. The van der Waals surface area contributed by atoms with Gasteiger partial charge in [0, 0.05) is 16.7 Å². The number of hydrogen-bond donors (Lipinski definition) is 1. The molecule has 1 atom stereocenters. The van der Waals surface area contributed by atoms with E-state index in [-0.39, 0.29) is 6.04 Å². The molecule has 2 rings (SSSR count). The Labute approximate surface area is 120 Å². The van der Waals surface area contributed by atoms with Crippen molar-refractivity contribution in [1.29, 1.82) is 0 Å². The van der Waals surface area contributed by atoms with Crippen molar-refractivity contribution >= 4 is 27.5 Å². The molecule has 1 heterocycles. The number of rotatable bonds is 4. The fraction of sp³-hybridized carbons (Fsp3) is 0.308. The van der Waals surface area contributed by atoms with Crippen LogP contribution >= 0.6 is 27.5 Å². The van der Waals surface area contributed by atoms with E-state index in [1.54, 1.807) is 10.9 Å². The van der Waals surface area contributed by atoms with E-state index in [0.717, 1.165) is 16.7 Å². The summed E-state index contributed by atoms with van der Waals surface area (Å²) in [6.45, 7) is 5.16. The second-order valence-electron chi connectivity index (χ2n) is 4.09. The smallest absolute Gasteiger partial charge is 0.0790 e. The highest BCUT2D eigenvalue weighted by Gasteiger charge is 2.12. The number of nitrogens with one attached hydrogen (secondary N) is 1. The van der Waals surface area contributed by atoms with Gasteiger partial charge in [0.2, 0.25) is 0 Å². The van der Waals surface area contributed by atoms with Gasteiger partial charge in [0.1, 0.15) is 0 Å². The van der Waals surface area contributed by atoms with E-state index in [2.05, 4.69) is 46.3 Å². The molecule has 0 aliphatic carbocycles. The molecule has 0 saturated carbocycles. The Bertz CT molecular complexity index is 539. The molecule has 1 unspecified atom stereocenters. The van der Waals surface area contributed by atoms with Gasteiger partial charge in [-0.1, -0.05) is 40.5 Å². The van der Waals surface area contributed by atoms with Gasteiger partial charge in [-0.3, -0.25) is 0 Å². The number of nitrogens with zero attached hydrogens (tertiary/aromatic N) is 2. The van der Waals surface area contributed by atoms with Crippen molar-refractivity contribution < 1.29 is 0 Å². The standard InChI is InChI=1S/C13H15BrClN3/c1-3-16-9(2)12-5-4-10(14)6-13(12)18-8-11(15)7-17-18/h4-9,16H,3H2,1-2H3. The van der Waals surface area contributed by atoms with E-state index >= 15 is 0 Å². The lowest BCUT2D eigenvalue weighted by molar-refractivity contribution is 0.593. The molecule has 1 aromatic heterocycles. The summed E-state index contributed by atoms with van der Waals surface area (Å²) >= 11 is 9.43. The van der Waals surface area contributed by atoms with E-state index in [4.69, 9.17) is 11.6 Å². The average Bonchev–Trinajstić information content (AvgIpc) is 2.76. The molecule has 0 bridgehead atoms. The number of halogens is 2. The molecule has 96 valence electrons. The first kappa shape index (κ1) is 13.6. The maximum atomic E-state index is 5.93. The van der Waals surface area contributed by atoms with Crippen LogP contribution in [0.15, 0.2) is 35.1 Å². The topological polar surface area (TPSA) is 29.9 Å². The van der Waals surface area contributed by atoms with Crippen LogP contribution in [0.25, 0.3) is 5.69 Å². The van der Waals surface area contributed by atoms with Crippen LogP contribution in [0, 0.1) is 0 Å². The third-order valence-corrected chi connectivity index (χ3v) is 3.46. The Kier molecular flexibility index (Phi) is 4.43. The van der Waals surface area contributed by atoms with Gasteiger partial charge in [0.15, 0.2) is 0 Å². The second kappa shape index (κ2) is 5.87. The van der Waals surface area contributed by atoms with Crippen LogP contribution in [0.1, 0.15) is 25.5 Å². The van der Waals surface area contributed by atoms with Crippen molar-refractivity contribution in [3.63, 3.8) is 0 Å². The molecule has 0 fully saturated rings. The van der Waals surface area contributed by atoms with Gasteiger partial charge in [-0.2, -0.15) is 5.10 Å². The molecule has 0 spiro atoms. The number of aromatic nitrogens is 2. The van der Waals surface area contributed by atoms with E-state index < -0.39 is 0 Å². The van der Waals surface area contributed by atoms with E-state index in [1.165, 1.54) is 5.56 Å². The SMILES string of the molecule is CCNC(C)c1ccc(Br)cc1-n1cc(Cl)cn1. The van der Waals surface area contributed by atoms with E-state index in [0.29, 0.717) is 5.02 Å². The van der Waals surface area contributed by atoms with Crippen LogP contribution in [0.5, 0.6) is 0 Å². The molecular formula is C13H15BrClN3. The number of hydrogen-bond acceptors (Lipinski definition) is 2. The zero-order chi connectivity index (χ0) is 13.1. The molecule has 0 aliphatic heterocycles. The lowest BCUT2D eigenvalue weighted by Crippen LogP contribution is -2.19. The van der Waals surface area contributed by atoms with Gasteiger partial charge in [-0.25, -0.2) is 4.68 Å². The fourth-order valence-electron chi connectivity index (χ4n) is 1.93. The molecule has 1 aromatic carbocycles. The highest BCUT2D eigenvalue weighted by molar-refractivity contribution is 9.10. The first-order valence-corrected chi connectivity index (χ1v) is 7.02. The molecular weight excluding hydrogens is 314 g/mol. The normalized spacial score (nSPS) is 12.7. The fourth-order valence-corrected chi connectivity index (χ4v) is 2.42. The molecule has 2 aromatic rings. The van der Waals surface area contributed by atoms with Gasteiger partial charge >= 0.3 is 0 Å². The van der Waals surface area contributed by atoms with Crippen LogP contribution in [-0.2, 0) is 0 Å². The quantitative estimate of drug-likeness (QED) is 0.920. The summed E-state index contributed by atoms with van der Waals surface area (Å²) in [5.74, 6) is 0. The molecule has 1 N–H and O–H groups in total. The summed E-state index contributed by atoms with van der Waals surface area (Å²) in [6.07, 6.45) is 3.45. The lowest BCUT2D eigenvalue weighted by atomic mass is 10.1. The third-order valence-electron chi connectivity index (χ3n) is 2.77. The molecule has 18 heavy (non-hydrogen) atoms. The van der Waals surface area contributed by atoms with Crippen LogP contribution in [-0.4, -0.2) is 16.3 Å². The van der Waals surface area contributed by atoms with Crippen LogP contribution in [0.4, 0.5) is 0 Å². The van der Waals surface area contributed by atoms with Gasteiger partial charge in [0.25, 0.3) is 0 Å². The van der Waals surface area contributed by atoms with Gasteiger partial charge < -0.3 is 5.32 Å². The summed E-state index contributed by atoms with van der Waals surface area (Å²) in [6, 6.07) is 6.45. The molecule has 0 aliphatic rings. The molecule has 0 saturated heterocycles. The van der Waals surface area contributed by atoms with Gasteiger partial charge in [-0.05, 0) is 31.2 Å². The summed E-state index contributed by atoms with van der Waals surface area (Å²) in [7, 11) is 0. The summed E-state index contributed by atoms with van der Waals surface area (Å²) in [4.78, 5) is 0. The van der Waals surface area contributed by atoms with Crippen molar-refractivity contribution in [3.05, 3.63) is 45.7 Å². The summed E-state index contributed by atoms with van der Waals surface area (Å²) in [5.41, 5.74) is 2.23.